The van der Waals surface area contributed by atoms with Gasteiger partial charge in [0.1, 0.15) is 23.4 Å². The number of carbonyl (C=O) groups excluding carboxylic acids is 3. The first-order valence-electron chi connectivity index (χ1n) is 20.9. The molecule has 2 saturated carbocycles. The number of hydrogen-bond donors (Lipinski definition) is 3. The lowest BCUT2D eigenvalue weighted by atomic mass is 9.98. The Bertz CT molecular complexity index is 2260. The van der Waals surface area contributed by atoms with Crippen molar-refractivity contribution in [1.82, 2.24) is 24.8 Å². The first-order valence-corrected chi connectivity index (χ1v) is 22.4. The predicted octanol–water partition coefficient (Wildman–Crippen LogP) is 5.06. The number of fused-ring (bicyclic) bond motifs is 5. The molecule has 19 heteroatoms. The minimum Gasteiger partial charge on any atom is -0.497 e. The van der Waals surface area contributed by atoms with Crippen LogP contribution in [0.25, 0.3) is 10.8 Å². The molecule has 2 aliphatic carbocycles. The number of nitrogens with zero attached hydrogens (tertiary/aromatic N) is 3. The number of rotatable bonds is 9. The summed E-state index contributed by atoms with van der Waals surface area (Å²) in [5.41, 5.74) is -3.87. The fourth-order valence-electron chi connectivity index (χ4n) is 8.76. The third kappa shape index (κ3) is 7.73. The molecule has 3 aliphatic heterocycles. The second kappa shape index (κ2) is 15.8. The molecule has 16 nitrogen and oxygen atoms in total. The van der Waals surface area contributed by atoms with Gasteiger partial charge >= 0.3 is 12.1 Å². The van der Waals surface area contributed by atoms with Gasteiger partial charge in [0.25, 0.3) is 11.8 Å². The van der Waals surface area contributed by atoms with Gasteiger partial charge in [0, 0.05) is 29.3 Å². The van der Waals surface area contributed by atoms with Gasteiger partial charge in [-0.1, -0.05) is 19.1 Å². The number of methoxy groups -OCH3 is 1. The predicted molar refractivity (Wildman–Crippen MR) is 217 cm³/mol. The number of carbonyl (C=O) groups is 4. The van der Waals surface area contributed by atoms with E-state index in [9.17, 15) is 27.9 Å². The van der Waals surface area contributed by atoms with Crippen LogP contribution in [0, 0.1) is 5.92 Å². The average Bonchev–Trinajstić information content (AvgIpc) is 4.11. The number of carboxylic acid groups (broad SMARTS) is 1. The lowest BCUT2D eigenvalue weighted by Gasteiger charge is -2.42. The molecule has 1 aromatic carbocycles. The third-order valence-electron chi connectivity index (χ3n) is 13.2. The van der Waals surface area contributed by atoms with E-state index >= 15 is 13.6 Å². The maximum absolute atomic E-state index is 17.8. The maximum atomic E-state index is 17.8. The number of alkyl halides is 2. The van der Waals surface area contributed by atoms with Crippen molar-refractivity contribution in [2.45, 2.75) is 152 Å². The van der Waals surface area contributed by atoms with Crippen molar-refractivity contribution >= 4 is 44.6 Å². The molecule has 3 N–H and O–H groups in total. The van der Waals surface area contributed by atoms with Crippen molar-refractivity contribution in [2.75, 3.05) is 13.7 Å². The van der Waals surface area contributed by atoms with Crippen molar-refractivity contribution in [3.63, 3.8) is 0 Å². The highest BCUT2D eigenvalue weighted by molar-refractivity contribution is 7.91. The highest BCUT2D eigenvalue weighted by Crippen LogP contribution is 2.52. The summed E-state index contributed by atoms with van der Waals surface area (Å²) in [7, 11) is -2.70. The van der Waals surface area contributed by atoms with Gasteiger partial charge < -0.3 is 29.4 Å². The SMILES string of the molecule is CCC(C)N(C(=O)O)[C@@H]1C(=O)N2[C@@H](C[C@@](C)(Oc3nc4c(c5cc(OC)ccc35)CCCO4)C2(F)F)C(=O)N[C@]2(C(=O)NS(=O)(=O)C3(C)CC3)C[C@H]2/C=C\CC[C@@H](C)O[C@H]1C. The van der Waals surface area contributed by atoms with Crippen LogP contribution >= 0.6 is 0 Å². The quantitative estimate of drug-likeness (QED) is 0.224. The van der Waals surface area contributed by atoms with Gasteiger partial charge in [-0.3, -0.25) is 28.9 Å². The van der Waals surface area contributed by atoms with E-state index in [-0.39, 0.29) is 29.5 Å². The van der Waals surface area contributed by atoms with E-state index in [1.807, 2.05) is 0 Å². The second-order valence-corrected chi connectivity index (χ2v) is 19.8. The highest BCUT2D eigenvalue weighted by atomic mass is 32.2. The summed E-state index contributed by atoms with van der Waals surface area (Å²) in [6, 6.07) is -4.25. The van der Waals surface area contributed by atoms with Crippen LogP contribution < -0.4 is 24.2 Å². The van der Waals surface area contributed by atoms with Gasteiger partial charge in [0.2, 0.25) is 27.7 Å². The molecular weight excluding hydrogens is 821 g/mol. The molecule has 5 aliphatic rings. The number of benzene rings is 1. The zero-order chi connectivity index (χ0) is 44.4. The summed E-state index contributed by atoms with van der Waals surface area (Å²) in [6.07, 6.45) is 1.91. The van der Waals surface area contributed by atoms with Crippen molar-refractivity contribution in [2.24, 2.45) is 5.92 Å². The first-order chi connectivity index (χ1) is 28.6. The lowest BCUT2D eigenvalue weighted by Crippen LogP contribution is -2.65. The zero-order valence-corrected chi connectivity index (χ0v) is 36.3. The molecule has 61 heavy (non-hydrogen) atoms. The Labute approximate surface area is 353 Å². The van der Waals surface area contributed by atoms with E-state index in [1.165, 1.54) is 27.9 Å². The molecule has 1 unspecified atom stereocenters. The van der Waals surface area contributed by atoms with Gasteiger partial charge in [-0.25, -0.2) is 13.2 Å². The molecule has 8 atom stereocenters. The number of sulfonamides is 1. The molecule has 0 spiro atoms. The molecule has 7 rings (SSSR count). The van der Waals surface area contributed by atoms with E-state index in [1.54, 1.807) is 44.2 Å². The molecule has 1 saturated heterocycles. The van der Waals surface area contributed by atoms with Gasteiger partial charge in [-0.2, -0.15) is 13.8 Å². The Morgan fingerprint density at radius 1 is 1.16 bits per heavy atom. The normalized spacial score (nSPS) is 31.7. The van der Waals surface area contributed by atoms with Crippen LogP contribution in [0.5, 0.6) is 17.5 Å². The van der Waals surface area contributed by atoms with E-state index in [0.717, 1.165) is 17.4 Å². The van der Waals surface area contributed by atoms with E-state index in [2.05, 4.69) is 15.0 Å². The van der Waals surface area contributed by atoms with Crippen LogP contribution in [0.2, 0.25) is 0 Å². The number of amides is 4. The molecule has 4 amide bonds. The standard InChI is InChI=1S/C42H55F2N5O11S/c1-8-23(2)48(38(53)54)32-25(4)59-24(3)12-9-10-13-26-21-41(26,37(52)47-61(55,56)39(5)17-18-39)46-33(50)31-22-40(6,42(43,44)49(31)36(32)51)60-35-29-16-15-27(57-7)20-30(29)28-14-11-19-58-34(28)45-35/h10,13,15-16,20,23-26,31-32H,8-9,11-12,14,17-19,21-22H2,1-7H3,(H,46,50)(H,47,52)(H,53,54)/b13-10-/t23?,24-,25+,26-,31+,32+,40-,41-/m1/s1. The Kier molecular flexibility index (Phi) is 11.5. The maximum Gasteiger partial charge on any atom is 0.408 e. The Morgan fingerprint density at radius 2 is 1.89 bits per heavy atom. The summed E-state index contributed by atoms with van der Waals surface area (Å²) < 4.78 is 86.9. The summed E-state index contributed by atoms with van der Waals surface area (Å²) in [5, 5.41) is 14.1. The summed E-state index contributed by atoms with van der Waals surface area (Å²) in [5.74, 6) is -4.01. The fourth-order valence-corrected chi connectivity index (χ4v) is 10.1. The second-order valence-electron chi connectivity index (χ2n) is 17.6. The van der Waals surface area contributed by atoms with Crippen molar-refractivity contribution in [1.29, 1.82) is 0 Å². The lowest BCUT2D eigenvalue weighted by molar-refractivity contribution is -0.220. The highest BCUT2D eigenvalue weighted by Gasteiger charge is 2.71. The van der Waals surface area contributed by atoms with Crippen LogP contribution in [0.15, 0.2) is 30.4 Å². The first kappa shape index (κ1) is 44.3. The number of nitrogens with one attached hydrogen (secondary N) is 2. The Hall–Kier alpha value is -4.78. The molecule has 3 fully saturated rings. The van der Waals surface area contributed by atoms with Crippen LogP contribution in [0.1, 0.15) is 98.5 Å². The topological polar surface area (TPSA) is 203 Å². The molecule has 0 radical (unpaired) electrons. The van der Waals surface area contributed by atoms with Crippen molar-refractivity contribution in [3.8, 4) is 17.5 Å². The number of pyridine rings is 1. The fraction of sp³-hybridized carbons (Fsp3) is 0.643. The van der Waals surface area contributed by atoms with Gasteiger partial charge in [-0.15, -0.1) is 0 Å². The summed E-state index contributed by atoms with van der Waals surface area (Å²) >= 11 is 0. The molecule has 0 bridgehead atoms. The molecular formula is C42H55F2N5O11S. The summed E-state index contributed by atoms with van der Waals surface area (Å²) in [4.78, 5) is 62.3. The molecule has 4 heterocycles. The number of allylic oxidation sites excluding steroid dienone is 1. The number of hydrogen-bond acceptors (Lipinski definition) is 11. The number of aryl methyl sites for hydroxylation is 1. The molecule has 2 aromatic rings. The van der Waals surface area contributed by atoms with Crippen molar-refractivity contribution in [3.05, 3.63) is 35.9 Å². The van der Waals surface area contributed by atoms with Gasteiger partial charge in [0.05, 0.1) is 30.7 Å². The van der Waals surface area contributed by atoms with Crippen LogP contribution in [0.4, 0.5) is 13.6 Å². The van der Waals surface area contributed by atoms with Gasteiger partial charge in [-0.05, 0) is 110 Å². The largest absolute Gasteiger partial charge is 0.497 e. The van der Waals surface area contributed by atoms with Crippen LogP contribution in [-0.2, 0) is 35.6 Å². The van der Waals surface area contributed by atoms with Gasteiger partial charge in [0.15, 0.2) is 5.60 Å². The minimum atomic E-state index is -4.36. The Balaban J connectivity index is 1.36. The van der Waals surface area contributed by atoms with Crippen LogP contribution in [0.3, 0.4) is 0 Å². The zero-order valence-electron chi connectivity index (χ0n) is 35.5. The van der Waals surface area contributed by atoms with E-state index < -0.39 is 98.4 Å². The number of ether oxygens (including phenoxy) is 4. The molecule has 334 valence electrons. The third-order valence-corrected chi connectivity index (χ3v) is 15.3. The minimum absolute atomic E-state index is 0.0520. The van der Waals surface area contributed by atoms with E-state index in [4.69, 9.17) is 18.9 Å². The summed E-state index contributed by atoms with van der Waals surface area (Å²) in [6.45, 7) is 9.19. The Morgan fingerprint density at radius 3 is 2.54 bits per heavy atom. The molecule has 1 aromatic heterocycles. The number of aromatic nitrogens is 1. The monoisotopic (exact) mass is 875 g/mol. The van der Waals surface area contributed by atoms with Crippen molar-refractivity contribution < 1.29 is 60.4 Å². The smallest absolute Gasteiger partial charge is 0.408 e. The van der Waals surface area contributed by atoms with Crippen LogP contribution in [-0.4, -0.2) is 118 Å². The number of halogens is 2. The average molecular weight is 876 g/mol. The van der Waals surface area contributed by atoms with E-state index in [0.29, 0.717) is 61.7 Å².